The number of carbonyl (C=O) groups excluding carboxylic acids is 3. The molecule has 11 rings (SSSR count). The van der Waals surface area contributed by atoms with Gasteiger partial charge in [-0.15, -0.1) is 0 Å². The molecule has 0 saturated heterocycles. The van der Waals surface area contributed by atoms with E-state index in [0.717, 1.165) is 22.3 Å². The van der Waals surface area contributed by atoms with E-state index in [1.807, 2.05) is 12.1 Å². The summed E-state index contributed by atoms with van der Waals surface area (Å²) in [4.78, 5) is 43.3. The summed E-state index contributed by atoms with van der Waals surface area (Å²) in [5.41, 5.74) is 10.6. The number of hydrogen-bond donors (Lipinski definition) is 1. The molecule has 0 aliphatic heterocycles. The van der Waals surface area contributed by atoms with Crippen LogP contribution in [0.1, 0.15) is 275 Å². The Morgan fingerprint density at radius 2 is 0.745 bits per heavy atom. The normalized spacial score (nSPS) is 17.4. The number of rotatable bonds is 10. The van der Waals surface area contributed by atoms with E-state index in [4.69, 9.17) is 120 Å². The molecule has 550 valence electrons. The molecule has 2 aromatic heterocycles. The molecule has 6 fully saturated rings. The Hall–Kier alpha value is -1.79. The minimum absolute atomic E-state index is 0. The van der Waals surface area contributed by atoms with Gasteiger partial charge in [-0.05, 0) is 214 Å². The fourth-order valence-corrected chi connectivity index (χ4v) is 26.7. The van der Waals surface area contributed by atoms with Crippen LogP contribution in [0.2, 0.25) is 35.2 Å². The van der Waals surface area contributed by atoms with E-state index in [-0.39, 0.29) is 73.6 Å². The Kier molecular flexibility index (Phi) is 43.9. The molecule has 0 radical (unpaired) electrons. The minimum atomic E-state index is -1.18. The first-order valence-electron chi connectivity index (χ1n) is 34.4. The van der Waals surface area contributed by atoms with Crippen molar-refractivity contribution in [1.29, 1.82) is 0 Å². The number of carboxylic acid groups (broad SMARTS) is 1. The van der Waals surface area contributed by atoms with Gasteiger partial charge in [0.1, 0.15) is 5.60 Å². The number of carboxylic acids is 1. The molecule has 0 unspecified atom stereocenters. The average molecular weight is 1660 g/mol. The van der Waals surface area contributed by atoms with Crippen molar-refractivity contribution in [2.75, 3.05) is 0 Å². The molecule has 6 aliphatic rings. The summed E-state index contributed by atoms with van der Waals surface area (Å²) < 4.78 is 5.96. The summed E-state index contributed by atoms with van der Waals surface area (Å²) in [6.45, 7) is 11.6. The number of aromatic nitrogens is 2. The number of esters is 1. The van der Waals surface area contributed by atoms with Crippen LogP contribution in [-0.4, -0.2) is 67.7 Å². The van der Waals surface area contributed by atoms with Crippen molar-refractivity contribution >= 4 is 134 Å². The summed E-state index contributed by atoms with van der Waals surface area (Å²) in [5.74, 6) is -1.71. The molecule has 21 heteroatoms. The summed E-state index contributed by atoms with van der Waals surface area (Å²) in [5, 5.41) is 22.3. The van der Waals surface area contributed by atoms with Crippen molar-refractivity contribution in [3.63, 3.8) is 0 Å². The average Bonchev–Trinajstić information content (AvgIpc) is 0.853. The fraction of sp³-hybridized carbons (Fsp3) is 0.597. The second kappa shape index (κ2) is 47.6. The Bertz CT molecular complexity index is 2950. The van der Waals surface area contributed by atoms with E-state index >= 15 is 0 Å². The topological polar surface area (TPSA) is 138 Å². The van der Waals surface area contributed by atoms with Gasteiger partial charge in [0.25, 0.3) is 0 Å². The number of ether oxygens (including phenoxy) is 1. The second-order valence-corrected chi connectivity index (χ2v) is 39.3. The molecule has 3 aromatic carbocycles. The van der Waals surface area contributed by atoms with Crippen LogP contribution in [0.25, 0.3) is 22.3 Å². The van der Waals surface area contributed by atoms with Gasteiger partial charge in [0.05, 0.1) is 31.2 Å². The molecule has 6 aliphatic carbocycles. The van der Waals surface area contributed by atoms with E-state index < -0.39 is 17.5 Å². The van der Waals surface area contributed by atoms with Gasteiger partial charge in [0, 0.05) is 39.6 Å². The molecule has 2 heterocycles. The van der Waals surface area contributed by atoms with E-state index in [9.17, 15) is 14.8 Å². The zero-order chi connectivity index (χ0) is 70.4. The van der Waals surface area contributed by atoms with E-state index in [1.54, 1.807) is 224 Å². The summed E-state index contributed by atoms with van der Waals surface area (Å²) in [6, 6.07) is 16.7. The number of hydrogen-bond acceptors (Lipinski definition) is 7. The Balaban J connectivity index is 0.000000312. The van der Waals surface area contributed by atoms with Crippen LogP contribution >= 0.6 is 116 Å². The van der Waals surface area contributed by atoms with Crippen molar-refractivity contribution in [1.82, 2.24) is 4.98 Å². The van der Waals surface area contributed by atoms with Crippen LogP contribution in [0.5, 0.6) is 0 Å². The maximum atomic E-state index is 12.1. The number of carbonyl (C=O) groups is 2. The van der Waals surface area contributed by atoms with Crippen LogP contribution in [0.3, 0.4) is 0 Å². The van der Waals surface area contributed by atoms with Crippen molar-refractivity contribution in [2.45, 2.75) is 294 Å². The predicted octanol–water partition coefficient (Wildman–Crippen LogP) is 27.9. The standard InChI is InChI=1S/2C18H33P.C16H15Cl2NO2.C12H7Cl2NO3.C10H11Cl3.CO2.2CH4.2ClH.Pd/c2*1-4-10-16(11-5-1)19(17-12-6-2-7-13-17)18-14-8-3-9-15-18;1-16(2,3)21-15(20)14-12(17)8-11(9-13(14)18)10-4-6-19-7-5-10;13-9-5-8(6-10(14)11(9)12(16)17)7-1-3-15(18)4-2-7;1-10(2,3)9-7(12)4-6(11)5-8(9)13;2-1-3;;;;;/h2*16-18H,1-15H2;4-9H,1-3H3;1-6H,(H,16,17);4-5H,1-3H3;;2*1H4;2*1H;/q;;;;;;;;;;+2/p-2. The Morgan fingerprint density at radius 1 is 0.480 bits per heavy atom. The summed E-state index contributed by atoms with van der Waals surface area (Å²) in [6.07, 6.45) is 53.5. The Labute approximate surface area is 641 Å². The molecule has 5 aromatic rings. The van der Waals surface area contributed by atoms with E-state index in [1.165, 1.54) is 97.0 Å². The van der Waals surface area contributed by atoms with Gasteiger partial charge in [0.15, 0.2) is 12.4 Å². The fourth-order valence-electron chi connectivity index (χ4n) is 14.7. The molecule has 0 amide bonds. The summed E-state index contributed by atoms with van der Waals surface area (Å²) in [7, 11) is 10.4. The van der Waals surface area contributed by atoms with Crippen molar-refractivity contribution in [2.24, 2.45) is 0 Å². The maximum absolute atomic E-state index is 12.1. The SMILES string of the molecule is C.C.C1CCC(P(C2CCCCC2)C2CCCCC2)CC1.C1CCC(P(C2CCCCC2)C2CCCCC2)CC1.CC(C)(C)OC(=O)c1c(Cl)cc(-c2ccncc2)cc1Cl.CC(C)(C)c1c(Cl)cc(Cl)cc1Cl.O=C(O)c1c(Cl)cc(-c2cc[n+]([O-])cc2)cc1Cl.O=C=O.[Cl][Pd][Cl]. The zero-order valence-corrected chi connectivity index (χ0v) is 66.8. The molecule has 0 spiro atoms. The van der Waals surface area contributed by atoms with Crippen molar-refractivity contribution in [3.05, 3.63) is 143 Å². The van der Waals surface area contributed by atoms with Crippen molar-refractivity contribution in [3.8, 4) is 22.3 Å². The van der Waals surface area contributed by atoms with Gasteiger partial charge in [-0.1, -0.05) is 248 Å². The third-order valence-corrected chi connectivity index (χ3v) is 28.9. The number of nitrogens with zero attached hydrogens (tertiary/aromatic N) is 2. The molecule has 6 saturated carbocycles. The first-order valence-corrected chi connectivity index (χ1v) is 44.1. The van der Waals surface area contributed by atoms with Crippen LogP contribution in [0.4, 0.5) is 0 Å². The number of benzene rings is 3. The first kappa shape index (κ1) is 90.4. The van der Waals surface area contributed by atoms with Crippen LogP contribution in [0.15, 0.2) is 85.5 Å². The molecule has 0 atom stereocenters. The molecule has 9 nitrogen and oxygen atoms in total. The molecule has 98 heavy (non-hydrogen) atoms. The second-order valence-electron chi connectivity index (χ2n) is 27.9. The predicted molar refractivity (Wildman–Crippen MR) is 418 cm³/mol. The molecule has 1 N–H and O–H groups in total. The van der Waals surface area contributed by atoms with Gasteiger partial charge >= 0.3 is 53.1 Å². The monoisotopic (exact) mass is 1650 g/mol. The van der Waals surface area contributed by atoms with Crippen LogP contribution in [-0.2, 0) is 35.7 Å². The van der Waals surface area contributed by atoms with Gasteiger partial charge < -0.3 is 15.1 Å². The Morgan fingerprint density at radius 3 is 1.00 bits per heavy atom. The van der Waals surface area contributed by atoms with Crippen molar-refractivity contribution < 1.29 is 49.7 Å². The van der Waals surface area contributed by atoms with Crippen LogP contribution in [0, 0.1) is 5.21 Å². The van der Waals surface area contributed by atoms with E-state index in [2.05, 4.69) is 25.8 Å². The summed E-state index contributed by atoms with van der Waals surface area (Å²) >= 11 is 42.0. The third-order valence-electron chi connectivity index (χ3n) is 18.8. The van der Waals surface area contributed by atoms with Crippen LogP contribution < -0.4 is 4.73 Å². The van der Waals surface area contributed by atoms with Gasteiger partial charge in [0.2, 0.25) is 0 Å². The van der Waals surface area contributed by atoms with Gasteiger partial charge in [-0.25, -0.2) is 9.59 Å². The van der Waals surface area contributed by atoms with Gasteiger partial charge in [-0.2, -0.15) is 14.3 Å². The number of pyridine rings is 2. The number of aromatic carboxylic acids is 1. The van der Waals surface area contributed by atoms with E-state index in [0.29, 0.717) is 41.2 Å². The zero-order valence-electron chi connectivity index (χ0n) is 56.7. The first-order chi connectivity index (χ1) is 45.8. The molecular formula is C77H107Cl9N2O7P2Pd. The molecular weight excluding hydrogens is 1550 g/mol. The van der Waals surface area contributed by atoms with Gasteiger partial charge in [-0.3, -0.25) is 4.98 Å². The number of halogens is 9. The quantitative estimate of drug-likeness (QED) is 0.0480. The third kappa shape index (κ3) is 30.7. The molecule has 0 bridgehead atoms.